The average molecular weight is 343 g/mol. The van der Waals surface area contributed by atoms with Crippen molar-refractivity contribution in [3.63, 3.8) is 0 Å². The van der Waals surface area contributed by atoms with Gasteiger partial charge in [-0.3, -0.25) is 19.7 Å². The van der Waals surface area contributed by atoms with Gasteiger partial charge in [0.25, 0.3) is 5.91 Å². The Morgan fingerprint density at radius 2 is 2.16 bits per heavy atom. The zero-order chi connectivity index (χ0) is 18.0. The van der Waals surface area contributed by atoms with Crippen LogP contribution >= 0.6 is 0 Å². The molecule has 9 nitrogen and oxygen atoms in total. The van der Waals surface area contributed by atoms with Gasteiger partial charge in [-0.1, -0.05) is 0 Å². The highest BCUT2D eigenvalue weighted by Crippen LogP contribution is 2.34. The van der Waals surface area contributed by atoms with E-state index in [2.05, 4.69) is 20.5 Å². The third-order valence-corrected chi connectivity index (χ3v) is 3.88. The lowest BCUT2D eigenvalue weighted by Crippen LogP contribution is -2.42. The Morgan fingerprint density at radius 3 is 2.88 bits per heavy atom. The van der Waals surface area contributed by atoms with Crippen LogP contribution < -0.4 is 15.0 Å². The topological polar surface area (TPSA) is 117 Å². The van der Waals surface area contributed by atoms with Crippen LogP contribution in [0.1, 0.15) is 30.1 Å². The van der Waals surface area contributed by atoms with E-state index in [0.29, 0.717) is 17.0 Å². The molecule has 25 heavy (non-hydrogen) atoms. The number of aromatic nitrogens is 3. The van der Waals surface area contributed by atoms with Crippen LogP contribution in [0.3, 0.4) is 0 Å². The number of nitrogens with zero attached hydrogens (tertiary/aromatic N) is 3. The van der Waals surface area contributed by atoms with Gasteiger partial charge in [0.2, 0.25) is 11.9 Å². The number of rotatable bonds is 5. The van der Waals surface area contributed by atoms with E-state index in [1.54, 1.807) is 32.2 Å². The van der Waals surface area contributed by atoms with Gasteiger partial charge in [-0.05, 0) is 25.1 Å². The maximum Gasteiger partial charge on any atom is 0.267 e. The molecule has 1 aliphatic heterocycles. The van der Waals surface area contributed by atoms with Crippen molar-refractivity contribution in [3.8, 4) is 5.75 Å². The van der Waals surface area contributed by atoms with Crippen LogP contribution in [0.4, 0.5) is 11.6 Å². The largest absolute Gasteiger partial charge is 0.479 e. The lowest BCUT2D eigenvalue weighted by atomic mass is 10.0. The molecule has 2 heterocycles. The lowest BCUT2D eigenvalue weighted by molar-refractivity contribution is -0.125. The molecule has 0 radical (unpaired) electrons. The van der Waals surface area contributed by atoms with Crippen molar-refractivity contribution in [1.82, 2.24) is 15.2 Å². The van der Waals surface area contributed by atoms with Crippen LogP contribution in [-0.2, 0) is 9.59 Å². The SMILES string of the molecule is CC1Oc2ccc(C(=O)CCC(=O)Nc3ncn[nH]3)cc2N(C)C1=O. The zero-order valence-corrected chi connectivity index (χ0v) is 13.8. The number of aromatic amines is 1. The number of carbonyl (C=O) groups excluding carboxylic acids is 3. The highest BCUT2D eigenvalue weighted by atomic mass is 16.5. The summed E-state index contributed by atoms with van der Waals surface area (Å²) in [6.07, 6.45) is 0.764. The van der Waals surface area contributed by atoms with Crippen molar-refractivity contribution in [3.05, 3.63) is 30.1 Å². The van der Waals surface area contributed by atoms with Gasteiger partial charge >= 0.3 is 0 Å². The van der Waals surface area contributed by atoms with Crippen LogP contribution in [0.2, 0.25) is 0 Å². The number of hydrogen-bond acceptors (Lipinski definition) is 6. The number of ketones is 1. The van der Waals surface area contributed by atoms with Crippen molar-refractivity contribution < 1.29 is 19.1 Å². The number of benzene rings is 1. The Labute approximate surface area is 143 Å². The monoisotopic (exact) mass is 343 g/mol. The summed E-state index contributed by atoms with van der Waals surface area (Å²) >= 11 is 0. The number of likely N-dealkylation sites (N-methyl/N-ethyl adjacent to an activating group) is 1. The van der Waals surface area contributed by atoms with Crippen molar-refractivity contribution in [2.24, 2.45) is 0 Å². The molecule has 2 aromatic rings. The number of nitrogens with one attached hydrogen (secondary N) is 2. The summed E-state index contributed by atoms with van der Waals surface area (Å²) in [6, 6.07) is 4.90. The summed E-state index contributed by atoms with van der Waals surface area (Å²) in [7, 11) is 1.64. The van der Waals surface area contributed by atoms with Gasteiger partial charge in [-0.15, -0.1) is 0 Å². The van der Waals surface area contributed by atoms with E-state index in [1.165, 1.54) is 11.2 Å². The zero-order valence-electron chi connectivity index (χ0n) is 13.8. The minimum Gasteiger partial charge on any atom is -0.479 e. The molecular formula is C16H17N5O4. The third kappa shape index (κ3) is 3.49. The van der Waals surface area contributed by atoms with Crippen LogP contribution in [0.15, 0.2) is 24.5 Å². The number of anilines is 2. The first-order chi connectivity index (χ1) is 12.0. The molecule has 3 rings (SSSR count). The molecule has 1 aromatic carbocycles. The molecule has 0 saturated carbocycles. The minimum absolute atomic E-state index is 0.0128. The molecule has 0 aliphatic carbocycles. The Kier molecular flexibility index (Phi) is 4.46. The lowest BCUT2D eigenvalue weighted by Gasteiger charge is -2.30. The summed E-state index contributed by atoms with van der Waals surface area (Å²) in [5, 5.41) is 8.62. The molecule has 0 saturated heterocycles. The number of amides is 2. The summed E-state index contributed by atoms with van der Waals surface area (Å²) in [6.45, 7) is 1.67. The van der Waals surface area contributed by atoms with Crippen molar-refractivity contribution in [1.29, 1.82) is 0 Å². The Morgan fingerprint density at radius 1 is 1.36 bits per heavy atom. The van der Waals surface area contributed by atoms with Gasteiger partial charge in [0.15, 0.2) is 11.9 Å². The van der Waals surface area contributed by atoms with E-state index in [1.807, 2.05) is 0 Å². The van der Waals surface area contributed by atoms with Gasteiger partial charge in [-0.25, -0.2) is 5.10 Å². The number of H-pyrrole nitrogens is 1. The fourth-order valence-electron chi connectivity index (χ4n) is 2.52. The van der Waals surface area contributed by atoms with E-state index < -0.39 is 6.10 Å². The number of ether oxygens (including phenoxy) is 1. The van der Waals surface area contributed by atoms with E-state index in [4.69, 9.17) is 4.74 Å². The Bertz CT molecular complexity index is 818. The molecular weight excluding hydrogens is 326 g/mol. The molecule has 0 spiro atoms. The van der Waals surface area contributed by atoms with Gasteiger partial charge in [0, 0.05) is 25.5 Å². The first-order valence-electron chi connectivity index (χ1n) is 7.72. The molecule has 0 fully saturated rings. The molecule has 2 amide bonds. The normalized spacial score (nSPS) is 16.2. The Hall–Kier alpha value is -3.23. The predicted octanol–water partition coefficient (Wildman–Crippen LogP) is 1.15. The minimum atomic E-state index is -0.557. The van der Waals surface area contributed by atoms with Crippen LogP contribution in [-0.4, -0.2) is 45.9 Å². The fraction of sp³-hybridized carbons (Fsp3) is 0.312. The maximum absolute atomic E-state index is 12.3. The maximum atomic E-state index is 12.3. The first kappa shape index (κ1) is 16.6. The van der Waals surface area contributed by atoms with Crippen molar-refractivity contribution in [2.45, 2.75) is 25.9 Å². The third-order valence-electron chi connectivity index (χ3n) is 3.88. The van der Waals surface area contributed by atoms with Gasteiger partial charge in [0.05, 0.1) is 5.69 Å². The van der Waals surface area contributed by atoms with Crippen LogP contribution in [0.25, 0.3) is 0 Å². The second-order valence-corrected chi connectivity index (χ2v) is 5.65. The first-order valence-corrected chi connectivity index (χ1v) is 7.72. The summed E-state index contributed by atoms with van der Waals surface area (Å²) in [5.74, 6) is 0.0675. The molecule has 130 valence electrons. The average Bonchev–Trinajstić information content (AvgIpc) is 3.10. The molecule has 1 atom stereocenters. The van der Waals surface area contributed by atoms with Crippen LogP contribution in [0, 0.1) is 0 Å². The molecule has 1 unspecified atom stereocenters. The second-order valence-electron chi connectivity index (χ2n) is 5.65. The predicted molar refractivity (Wildman–Crippen MR) is 88.5 cm³/mol. The van der Waals surface area contributed by atoms with Crippen LogP contribution in [0.5, 0.6) is 5.75 Å². The van der Waals surface area contributed by atoms with E-state index in [9.17, 15) is 14.4 Å². The van der Waals surface area contributed by atoms with E-state index in [0.717, 1.165) is 0 Å². The molecule has 1 aromatic heterocycles. The number of Topliss-reactive ketones (excluding diaryl/α,β-unsaturated/α-hetero) is 1. The molecule has 2 N–H and O–H groups in total. The fourth-order valence-corrected chi connectivity index (χ4v) is 2.52. The number of fused-ring (bicyclic) bond motifs is 1. The van der Waals surface area contributed by atoms with E-state index >= 15 is 0 Å². The summed E-state index contributed by atoms with van der Waals surface area (Å²) in [5.41, 5.74) is 0.962. The van der Waals surface area contributed by atoms with Gasteiger partial charge < -0.3 is 9.64 Å². The van der Waals surface area contributed by atoms with E-state index in [-0.39, 0.29) is 36.4 Å². The molecule has 9 heteroatoms. The number of hydrogen-bond donors (Lipinski definition) is 2. The standard InChI is InChI=1S/C16H17N5O4/c1-9-15(24)21(2)11-7-10(3-5-13(11)25-9)12(22)4-6-14(23)19-16-17-8-18-20-16/h3,5,7-9H,4,6H2,1-2H3,(H2,17,18,19,20,23). The van der Waals surface area contributed by atoms with Gasteiger partial charge in [-0.2, -0.15) is 10.1 Å². The smallest absolute Gasteiger partial charge is 0.267 e. The molecule has 0 bridgehead atoms. The Balaban J connectivity index is 1.65. The quantitative estimate of drug-likeness (QED) is 0.787. The summed E-state index contributed by atoms with van der Waals surface area (Å²) < 4.78 is 5.52. The number of carbonyl (C=O) groups is 3. The van der Waals surface area contributed by atoms with Gasteiger partial charge in [0.1, 0.15) is 12.1 Å². The van der Waals surface area contributed by atoms with Crippen molar-refractivity contribution in [2.75, 3.05) is 17.3 Å². The summed E-state index contributed by atoms with van der Waals surface area (Å²) in [4.78, 5) is 41.3. The highest BCUT2D eigenvalue weighted by Gasteiger charge is 2.29. The van der Waals surface area contributed by atoms with Crippen molar-refractivity contribution >= 4 is 29.2 Å². The molecule has 1 aliphatic rings. The second kappa shape index (κ2) is 6.71. The highest BCUT2D eigenvalue weighted by molar-refractivity contribution is 6.03.